The van der Waals surface area contributed by atoms with Crippen LogP contribution in [0, 0.1) is 6.92 Å². The van der Waals surface area contributed by atoms with Gasteiger partial charge in [-0.1, -0.05) is 60.2 Å². The maximum absolute atomic E-state index is 12.2. The van der Waals surface area contributed by atoms with Gasteiger partial charge in [-0.25, -0.2) is 4.79 Å². The minimum atomic E-state index is -3.78. The Hall–Kier alpha value is -3.16. The Balaban J connectivity index is 1.40. The van der Waals surface area contributed by atoms with Crippen molar-refractivity contribution in [1.29, 1.82) is 0 Å². The summed E-state index contributed by atoms with van der Waals surface area (Å²) in [6, 6.07) is 23.0. The van der Waals surface area contributed by atoms with E-state index >= 15 is 0 Å². The third kappa shape index (κ3) is 7.24. The van der Waals surface area contributed by atoms with Gasteiger partial charge in [-0.15, -0.1) is 0 Å². The molecule has 0 N–H and O–H groups in total. The predicted octanol–water partition coefficient (Wildman–Crippen LogP) is 4.07. The van der Waals surface area contributed by atoms with Crippen LogP contribution in [0.5, 0.6) is 5.75 Å². The van der Waals surface area contributed by atoms with Gasteiger partial charge >= 0.3 is 5.97 Å². The van der Waals surface area contributed by atoms with Crippen LogP contribution in [0.25, 0.3) is 0 Å². The summed E-state index contributed by atoms with van der Waals surface area (Å²) in [6.07, 6.45) is 0.421. The first-order chi connectivity index (χ1) is 14.9. The maximum atomic E-state index is 12.2. The SMILES string of the molecule is Cc1ccc(S(=O)(=O)OCCc2ccc(OCC(=O)OCc3ccccc3)cc2)cc1. The van der Waals surface area contributed by atoms with Gasteiger partial charge in [0.1, 0.15) is 12.4 Å². The fraction of sp³-hybridized carbons (Fsp3) is 0.208. The Bertz CT molecular complexity index is 1080. The Morgan fingerprint density at radius 1 is 0.839 bits per heavy atom. The topological polar surface area (TPSA) is 78.9 Å². The van der Waals surface area contributed by atoms with Gasteiger partial charge in [0.15, 0.2) is 6.61 Å². The van der Waals surface area contributed by atoms with E-state index in [0.29, 0.717) is 12.2 Å². The minimum Gasteiger partial charge on any atom is -0.482 e. The summed E-state index contributed by atoms with van der Waals surface area (Å²) >= 11 is 0. The molecule has 0 fully saturated rings. The summed E-state index contributed by atoms with van der Waals surface area (Å²) in [5.74, 6) is 0.0660. The van der Waals surface area contributed by atoms with Crippen LogP contribution < -0.4 is 4.74 Å². The number of rotatable bonds is 10. The van der Waals surface area contributed by atoms with Crippen LogP contribution in [-0.2, 0) is 36.9 Å². The maximum Gasteiger partial charge on any atom is 0.344 e. The van der Waals surface area contributed by atoms with E-state index in [0.717, 1.165) is 16.7 Å². The zero-order valence-corrected chi connectivity index (χ0v) is 18.0. The molecular weight excluding hydrogens is 416 g/mol. The van der Waals surface area contributed by atoms with E-state index in [4.69, 9.17) is 13.7 Å². The lowest BCUT2D eigenvalue weighted by molar-refractivity contribution is -0.147. The third-order valence-corrected chi connectivity index (χ3v) is 5.79. The predicted molar refractivity (Wildman–Crippen MR) is 116 cm³/mol. The summed E-state index contributed by atoms with van der Waals surface area (Å²) in [4.78, 5) is 11.9. The normalized spacial score (nSPS) is 11.1. The van der Waals surface area contributed by atoms with Crippen LogP contribution in [0.1, 0.15) is 16.7 Å². The number of hydrogen-bond donors (Lipinski definition) is 0. The van der Waals surface area contributed by atoms with Gasteiger partial charge in [0.25, 0.3) is 10.1 Å². The molecule has 0 heterocycles. The van der Waals surface area contributed by atoms with Crippen LogP contribution in [0.3, 0.4) is 0 Å². The molecule has 0 spiro atoms. The van der Waals surface area contributed by atoms with Crippen molar-refractivity contribution >= 4 is 16.1 Å². The average Bonchev–Trinajstić information content (AvgIpc) is 2.78. The van der Waals surface area contributed by atoms with Gasteiger partial charge in [0.05, 0.1) is 11.5 Å². The van der Waals surface area contributed by atoms with Crippen molar-refractivity contribution in [2.45, 2.75) is 24.8 Å². The van der Waals surface area contributed by atoms with Crippen molar-refractivity contribution in [3.05, 3.63) is 95.6 Å². The van der Waals surface area contributed by atoms with Crippen molar-refractivity contribution < 1.29 is 26.9 Å². The number of benzene rings is 3. The highest BCUT2D eigenvalue weighted by molar-refractivity contribution is 7.86. The standard InChI is InChI=1S/C24H24O6S/c1-19-7-13-23(14-8-19)31(26,27)30-16-15-20-9-11-22(12-10-20)28-18-24(25)29-17-21-5-3-2-4-6-21/h2-14H,15-18H2,1H3. The number of carbonyl (C=O) groups excluding carboxylic acids is 1. The monoisotopic (exact) mass is 440 g/mol. The average molecular weight is 441 g/mol. The lowest BCUT2D eigenvalue weighted by Gasteiger charge is -2.09. The first-order valence-corrected chi connectivity index (χ1v) is 11.2. The zero-order valence-electron chi connectivity index (χ0n) is 17.2. The molecule has 31 heavy (non-hydrogen) atoms. The van der Waals surface area contributed by atoms with Crippen LogP contribution in [0.2, 0.25) is 0 Å². The lowest BCUT2D eigenvalue weighted by atomic mass is 10.1. The van der Waals surface area contributed by atoms with E-state index in [1.165, 1.54) is 12.1 Å². The molecular formula is C24H24O6S. The summed E-state index contributed by atoms with van der Waals surface area (Å²) < 4.78 is 40.1. The molecule has 7 heteroatoms. The van der Waals surface area contributed by atoms with Crippen molar-refractivity contribution in [3.63, 3.8) is 0 Å². The highest BCUT2D eigenvalue weighted by Gasteiger charge is 2.14. The van der Waals surface area contributed by atoms with Gasteiger partial charge in [-0.3, -0.25) is 4.18 Å². The molecule has 0 saturated carbocycles. The molecule has 3 rings (SSSR count). The number of ether oxygens (including phenoxy) is 2. The molecule has 0 bridgehead atoms. The van der Waals surface area contributed by atoms with Gasteiger partial charge in [-0.05, 0) is 48.7 Å². The van der Waals surface area contributed by atoms with Gasteiger partial charge in [-0.2, -0.15) is 8.42 Å². The Labute approximate surface area is 182 Å². The molecule has 0 amide bonds. The molecule has 0 aliphatic rings. The van der Waals surface area contributed by atoms with E-state index in [1.54, 1.807) is 36.4 Å². The highest BCUT2D eigenvalue weighted by Crippen LogP contribution is 2.16. The van der Waals surface area contributed by atoms with Crippen molar-refractivity contribution in [1.82, 2.24) is 0 Å². The third-order valence-electron chi connectivity index (χ3n) is 4.46. The van der Waals surface area contributed by atoms with Gasteiger partial charge in [0, 0.05) is 0 Å². The van der Waals surface area contributed by atoms with Crippen LogP contribution in [-0.4, -0.2) is 27.6 Å². The lowest BCUT2D eigenvalue weighted by Crippen LogP contribution is -2.14. The Morgan fingerprint density at radius 3 is 2.19 bits per heavy atom. The smallest absolute Gasteiger partial charge is 0.344 e. The van der Waals surface area contributed by atoms with Crippen molar-refractivity contribution in [2.24, 2.45) is 0 Å². The molecule has 162 valence electrons. The number of aryl methyl sites for hydroxylation is 1. The molecule has 3 aromatic rings. The minimum absolute atomic E-state index is 0.0300. The quantitative estimate of drug-likeness (QED) is 0.349. The molecule has 0 aliphatic carbocycles. The fourth-order valence-electron chi connectivity index (χ4n) is 2.72. The molecule has 0 aliphatic heterocycles. The summed E-state index contributed by atoms with van der Waals surface area (Å²) in [5, 5.41) is 0. The fourth-order valence-corrected chi connectivity index (χ4v) is 3.62. The summed E-state index contributed by atoms with van der Waals surface area (Å²) in [7, 11) is -3.78. The van der Waals surface area contributed by atoms with E-state index in [2.05, 4.69) is 0 Å². The first-order valence-electron chi connectivity index (χ1n) is 9.80. The molecule has 6 nitrogen and oxygen atoms in total. The second kappa shape index (κ2) is 10.7. The Morgan fingerprint density at radius 2 is 1.52 bits per heavy atom. The summed E-state index contributed by atoms with van der Waals surface area (Å²) in [5.41, 5.74) is 2.77. The van der Waals surface area contributed by atoms with Gasteiger partial charge < -0.3 is 9.47 Å². The van der Waals surface area contributed by atoms with Crippen molar-refractivity contribution in [2.75, 3.05) is 13.2 Å². The molecule has 0 aromatic heterocycles. The second-order valence-corrected chi connectivity index (χ2v) is 8.53. The largest absolute Gasteiger partial charge is 0.482 e. The highest BCUT2D eigenvalue weighted by atomic mass is 32.2. The molecule has 0 saturated heterocycles. The van der Waals surface area contributed by atoms with Crippen LogP contribution in [0.15, 0.2) is 83.8 Å². The van der Waals surface area contributed by atoms with E-state index < -0.39 is 16.1 Å². The first kappa shape index (κ1) is 22.5. The number of carbonyl (C=O) groups is 1. The molecule has 3 aromatic carbocycles. The van der Waals surface area contributed by atoms with Crippen molar-refractivity contribution in [3.8, 4) is 5.75 Å². The zero-order chi connectivity index (χ0) is 22.1. The van der Waals surface area contributed by atoms with E-state index in [-0.39, 0.29) is 24.7 Å². The molecule has 0 atom stereocenters. The Kier molecular flexibility index (Phi) is 7.81. The van der Waals surface area contributed by atoms with E-state index in [9.17, 15) is 13.2 Å². The van der Waals surface area contributed by atoms with E-state index in [1.807, 2.05) is 37.3 Å². The summed E-state index contributed by atoms with van der Waals surface area (Å²) in [6.45, 7) is 1.93. The van der Waals surface area contributed by atoms with Gasteiger partial charge in [0.2, 0.25) is 0 Å². The van der Waals surface area contributed by atoms with Crippen LogP contribution in [0.4, 0.5) is 0 Å². The second-order valence-electron chi connectivity index (χ2n) is 6.92. The molecule has 0 radical (unpaired) electrons. The molecule has 0 unspecified atom stereocenters. The number of hydrogen-bond acceptors (Lipinski definition) is 6. The number of esters is 1. The van der Waals surface area contributed by atoms with Crippen LogP contribution >= 0.6 is 0 Å².